The average molecular weight is 483 g/mol. The van der Waals surface area contributed by atoms with E-state index in [1.54, 1.807) is 46.8 Å². The third-order valence-corrected chi connectivity index (χ3v) is 7.16. The van der Waals surface area contributed by atoms with E-state index >= 15 is 0 Å². The smallest absolute Gasteiger partial charge is 0.433 e. The van der Waals surface area contributed by atoms with Crippen LogP contribution >= 0.6 is 11.3 Å². The van der Waals surface area contributed by atoms with E-state index in [2.05, 4.69) is 15.0 Å². The monoisotopic (exact) mass is 482 g/mol. The van der Waals surface area contributed by atoms with Crippen molar-refractivity contribution < 1.29 is 22.5 Å². The molecule has 0 spiro atoms. The highest BCUT2D eigenvalue weighted by Crippen LogP contribution is 2.33. The van der Waals surface area contributed by atoms with Gasteiger partial charge >= 0.3 is 6.18 Å². The maximum Gasteiger partial charge on any atom is 0.433 e. The fourth-order valence-electron chi connectivity index (χ4n) is 3.45. The van der Waals surface area contributed by atoms with Crippen LogP contribution in [0.5, 0.6) is 5.75 Å². The Kier molecular flexibility index (Phi) is 6.87. The molecule has 0 saturated carbocycles. The predicted molar refractivity (Wildman–Crippen MR) is 116 cm³/mol. The Bertz CT molecular complexity index is 1040. The molecule has 170 valence electrons. The average Bonchev–Trinajstić information content (AvgIpc) is 3.27. The summed E-state index contributed by atoms with van der Waals surface area (Å²) < 4.78 is 55.9. The molecule has 2 aromatic heterocycles. The van der Waals surface area contributed by atoms with Gasteiger partial charge in [0, 0.05) is 30.6 Å². The first-order valence-corrected chi connectivity index (χ1v) is 12.4. The van der Waals surface area contributed by atoms with E-state index < -0.39 is 23.0 Å². The summed E-state index contributed by atoms with van der Waals surface area (Å²) in [6, 6.07) is 8.01. The van der Waals surface area contributed by atoms with E-state index in [4.69, 9.17) is 4.74 Å². The quantitative estimate of drug-likeness (QED) is 0.476. The molecule has 1 aliphatic heterocycles. The van der Waals surface area contributed by atoms with Crippen molar-refractivity contribution in [3.05, 3.63) is 58.3 Å². The number of alkyl halides is 3. The Hall–Kier alpha value is -2.37. The first kappa shape index (κ1) is 22.8. The third kappa shape index (κ3) is 5.51. The fourth-order valence-corrected chi connectivity index (χ4v) is 4.94. The summed E-state index contributed by atoms with van der Waals surface area (Å²) in [5.41, 5.74) is -0.0939. The molecule has 4 rings (SSSR count). The maximum absolute atomic E-state index is 12.9. The first-order chi connectivity index (χ1) is 15.3. The summed E-state index contributed by atoms with van der Waals surface area (Å²) in [5, 5.41) is 2.97. The summed E-state index contributed by atoms with van der Waals surface area (Å²) in [6.07, 6.45) is -0.165. The van der Waals surface area contributed by atoms with Gasteiger partial charge in [0.1, 0.15) is 24.3 Å². The van der Waals surface area contributed by atoms with Gasteiger partial charge in [0.2, 0.25) is 5.95 Å². The minimum atomic E-state index is -4.48. The van der Waals surface area contributed by atoms with E-state index in [0.717, 1.165) is 40.7 Å². The topological polar surface area (TPSA) is 74.2 Å². The molecule has 0 amide bonds. The van der Waals surface area contributed by atoms with Gasteiger partial charge in [-0.1, -0.05) is 0 Å². The maximum atomic E-state index is 12.9. The first-order valence-electron chi connectivity index (χ1n) is 9.95. The highest BCUT2D eigenvalue weighted by Gasteiger charge is 2.33. The molecule has 0 N–H and O–H groups in total. The van der Waals surface area contributed by atoms with E-state index in [1.165, 1.54) is 0 Å². The highest BCUT2D eigenvalue weighted by atomic mass is 32.2. The Morgan fingerprint density at radius 2 is 1.88 bits per heavy atom. The summed E-state index contributed by atoms with van der Waals surface area (Å²) in [6.45, 7) is 1.48. The fraction of sp³-hybridized carbons (Fsp3) is 0.381. The zero-order chi connectivity index (χ0) is 22.7. The van der Waals surface area contributed by atoms with E-state index in [-0.39, 0.29) is 11.9 Å². The summed E-state index contributed by atoms with van der Waals surface area (Å²) >= 11 is 0.546. The number of benzene rings is 1. The lowest BCUT2D eigenvalue weighted by atomic mass is 9.98. The number of hydrogen-bond donors (Lipinski definition) is 0. The lowest BCUT2D eigenvalue weighted by molar-refractivity contribution is -0.141. The van der Waals surface area contributed by atoms with Gasteiger partial charge in [-0.05, 0) is 54.3 Å². The van der Waals surface area contributed by atoms with Crippen molar-refractivity contribution in [1.82, 2.24) is 15.0 Å². The molecule has 1 fully saturated rings. The molecular weight excluding hydrogens is 461 g/mol. The molecule has 0 aliphatic carbocycles. The Morgan fingerprint density at radius 3 is 2.53 bits per heavy atom. The largest absolute Gasteiger partial charge is 0.612 e. The van der Waals surface area contributed by atoms with Gasteiger partial charge in [-0.2, -0.15) is 13.2 Å². The van der Waals surface area contributed by atoms with Crippen LogP contribution in [0, 0.1) is 0 Å². The van der Waals surface area contributed by atoms with Crippen molar-refractivity contribution in [2.24, 2.45) is 0 Å². The van der Waals surface area contributed by atoms with Gasteiger partial charge in [0.25, 0.3) is 0 Å². The second-order valence-corrected chi connectivity index (χ2v) is 9.66. The zero-order valence-electron chi connectivity index (χ0n) is 17.2. The van der Waals surface area contributed by atoms with Crippen molar-refractivity contribution >= 4 is 28.5 Å². The number of piperidine rings is 1. The van der Waals surface area contributed by atoms with Crippen LogP contribution < -0.4 is 9.64 Å². The van der Waals surface area contributed by atoms with Crippen molar-refractivity contribution in [3.8, 4) is 5.75 Å². The lowest BCUT2D eigenvalue weighted by Crippen LogP contribution is -2.34. The lowest BCUT2D eigenvalue weighted by Gasteiger charge is -2.31. The minimum absolute atomic E-state index is 0.115. The number of rotatable bonds is 6. The highest BCUT2D eigenvalue weighted by molar-refractivity contribution is 7.90. The number of anilines is 1. The van der Waals surface area contributed by atoms with Crippen LogP contribution in [-0.2, 0) is 24.0 Å². The van der Waals surface area contributed by atoms with Gasteiger partial charge in [-0.25, -0.2) is 15.0 Å². The van der Waals surface area contributed by atoms with Crippen LogP contribution in [0.2, 0.25) is 0 Å². The number of hydrogen-bond acceptors (Lipinski definition) is 7. The van der Waals surface area contributed by atoms with Gasteiger partial charge in [-0.3, -0.25) is 0 Å². The number of ether oxygens (including phenoxy) is 1. The molecule has 3 aromatic rings. The predicted octanol–water partition coefficient (Wildman–Crippen LogP) is 4.65. The molecule has 11 heteroatoms. The SMILES string of the molecule is C[S+]([O-])c1ccc(OCc2csc(C3CCN(c4nccc(C(F)(F)F)n4)CC3)n2)cc1. The molecule has 3 heterocycles. The van der Waals surface area contributed by atoms with E-state index in [9.17, 15) is 17.7 Å². The van der Waals surface area contributed by atoms with Crippen LogP contribution in [0.15, 0.2) is 46.8 Å². The molecule has 1 saturated heterocycles. The molecule has 32 heavy (non-hydrogen) atoms. The van der Waals surface area contributed by atoms with E-state index in [1.807, 2.05) is 5.38 Å². The van der Waals surface area contributed by atoms with Gasteiger partial charge in [-0.15, -0.1) is 11.3 Å². The molecule has 1 unspecified atom stereocenters. The molecule has 1 aliphatic rings. The van der Waals surface area contributed by atoms with Crippen molar-refractivity contribution in [2.75, 3.05) is 24.2 Å². The van der Waals surface area contributed by atoms with Crippen molar-refractivity contribution in [2.45, 2.75) is 36.4 Å². The van der Waals surface area contributed by atoms with Crippen molar-refractivity contribution in [3.63, 3.8) is 0 Å². The van der Waals surface area contributed by atoms with Gasteiger partial charge in [0.15, 0.2) is 4.90 Å². The standard InChI is InChI=1S/C21H21F3N4O2S2/c1-32(29)17-4-2-16(3-5-17)30-12-15-13-31-19(26-15)14-7-10-28(11-8-14)20-25-9-6-18(27-20)21(22,23)24/h2-6,9,13-14H,7-8,10-12H2,1H3. The van der Waals surface area contributed by atoms with E-state index in [0.29, 0.717) is 25.4 Å². The zero-order valence-corrected chi connectivity index (χ0v) is 18.8. The Balaban J connectivity index is 1.31. The van der Waals surface area contributed by atoms with Gasteiger partial charge < -0.3 is 14.2 Å². The Labute approximate surface area is 190 Å². The summed E-state index contributed by atoms with van der Waals surface area (Å²) in [7, 11) is 0. The van der Waals surface area contributed by atoms with Gasteiger partial charge in [0.05, 0.1) is 10.7 Å². The molecule has 1 atom stereocenters. The summed E-state index contributed by atoms with van der Waals surface area (Å²) in [5.74, 6) is 1.04. The number of thiazole rings is 1. The number of aromatic nitrogens is 3. The second kappa shape index (κ2) is 9.63. The molecule has 0 bridgehead atoms. The van der Waals surface area contributed by atoms with Crippen LogP contribution in [0.1, 0.15) is 35.2 Å². The minimum Gasteiger partial charge on any atom is -0.612 e. The van der Waals surface area contributed by atoms with Crippen LogP contribution in [-0.4, -0.2) is 38.8 Å². The Morgan fingerprint density at radius 1 is 1.16 bits per heavy atom. The number of halogens is 3. The molecule has 1 aromatic carbocycles. The summed E-state index contributed by atoms with van der Waals surface area (Å²) in [4.78, 5) is 14.9. The number of nitrogens with zero attached hydrogens (tertiary/aromatic N) is 4. The second-order valence-electron chi connectivity index (χ2n) is 7.39. The normalized spacial score (nSPS) is 16.2. The molecule has 0 radical (unpaired) electrons. The van der Waals surface area contributed by atoms with Crippen LogP contribution in [0.3, 0.4) is 0 Å². The molecular formula is C21H21F3N4O2S2. The molecule has 6 nitrogen and oxygen atoms in total. The van der Waals surface area contributed by atoms with Crippen molar-refractivity contribution in [1.29, 1.82) is 0 Å². The third-order valence-electron chi connectivity index (χ3n) is 5.17. The van der Waals surface area contributed by atoms with Crippen LogP contribution in [0.4, 0.5) is 19.1 Å². The van der Waals surface area contributed by atoms with Crippen LogP contribution in [0.25, 0.3) is 0 Å².